The maximum absolute atomic E-state index is 11.5. The summed E-state index contributed by atoms with van der Waals surface area (Å²) in [6.45, 7) is 3.29. The van der Waals surface area contributed by atoms with Crippen LogP contribution in [0.5, 0.6) is 0 Å². The molecule has 1 atom stereocenters. The average molecular weight is 299 g/mol. The van der Waals surface area contributed by atoms with Gasteiger partial charge in [0.05, 0.1) is 12.6 Å². The van der Waals surface area contributed by atoms with Gasteiger partial charge in [0, 0.05) is 11.4 Å². The monoisotopic (exact) mass is 298 g/mol. The number of carbonyl (C=O) groups is 2. The molecule has 0 aliphatic carbocycles. The van der Waals surface area contributed by atoms with E-state index in [1.165, 1.54) is 6.92 Å². The van der Waals surface area contributed by atoms with Crippen LogP contribution < -0.4 is 10.6 Å². The predicted octanol–water partition coefficient (Wildman–Crippen LogP) is 1.76. The molecule has 0 saturated heterocycles. The van der Waals surface area contributed by atoms with Crippen molar-refractivity contribution in [1.82, 2.24) is 10.6 Å². The molecule has 92 valence electrons. The van der Waals surface area contributed by atoms with Crippen molar-refractivity contribution in [3.63, 3.8) is 0 Å². The van der Waals surface area contributed by atoms with E-state index in [0.29, 0.717) is 0 Å². The summed E-state index contributed by atoms with van der Waals surface area (Å²) in [5, 5.41) is 5.25. The highest BCUT2D eigenvalue weighted by Crippen LogP contribution is 2.16. The number of halogens is 1. The van der Waals surface area contributed by atoms with Crippen molar-refractivity contribution in [2.24, 2.45) is 0 Å². The number of hydrogen-bond acceptors (Lipinski definition) is 2. The fourth-order valence-electron chi connectivity index (χ4n) is 1.33. The zero-order valence-electron chi connectivity index (χ0n) is 9.79. The molecule has 0 bridgehead atoms. The predicted molar refractivity (Wildman–Crippen MR) is 69.4 cm³/mol. The maximum atomic E-state index is 11.5. The van der Waals surface area contributed by atoms with Crippen molar-refractivity contribution in [2.75, 3.05) is 6.54 Å². The van der Waals surface area contributed by atoms with Crippen LogP contribution in [-0.4, -0.2) is 18.4 Å². The molecule has 0 heterocycles. The first-order valence-corrected chi connectivity index (χ1v) is 6.07. The van der Waals surface area contributed by atoms with Gasteiger partial charge in [-0.15, -0.1) is 0 Å². The van der Waals surface area contributed by atoms with Gasteiger partial charge in [-0.3, -0.25) is 9.59 Å². The molecular weight excluding hydrogens is 284 g/mol. The first-order chi connectivity index (χ1) is 7.99. The lowest BCUT2D eigenvalue weighted by molar-refractivity contribution is -0.125. The standard InChI is InChI=1S/C12H15BrN2O2/c1-8(10-3-5-11(13)6-4-10)15-12(17)7-14-9(2)16/h3-6,8H,7H2,1-2H3,(H,14,16)(H,15,17). The van der Waals surface area contributed by atoms with E-state index in [1.54, 1.807) is 0 Å². The molecule has 1 rings (SSSR count). The van der Waals surface area contributed by atoms with E-state index in [0.717, 1.165) is 10.0 Å². The number of benzene rings is 1. The lowest BCUT2D eigenvalue weighted by Gasteiger charge is -2.14. The highest BCUT2D eigenvalue weighted by Gasteiger charge is 2.09. The number of amides is 2. The van der Waals surface area contributed by atoms with Crippen LogP contribution in [0.25, 0.3) is 0 Å². The van der Waals surface area contributed by atoms with Crippen molar-refractivity contribution in [3.8, 4) is 0 Å². The summed E-state index contributed by atoms with van der Waals surface area (Å²) in [7, 11) is 0. The van der Waals surface area contributed by atoms with Crippen molar-refractivity contribution in [2.45, 2.75) is 19.9 Å². The number of nitrogens with one attached hydrogen (secondary N) is 2. The summed E-state index contributed by atoms with van der Waals surface area (Å²) in [4.78, 5) is 22.1. The third-order valence-corrected chi connectivity index (χ3v) is 2.77. The second-order valence-electron chi connectivity index (χ2n) is 3.75. The van der Waals surface area contributed by atoms with Crippen molar-refractivity contribution < 1.29 is 9.59 Å². The van der Waals surface area contributed by atoms with Crippen LogP contribution in [0, 0.1) is 0 Å². The third-order valence-electron chi connectivity index (χ3n) is 2.25. The molecule has 17 heavy (non-hydrogen) atoms. The maximum Gasteiger partial charge on any atom is 0.239 e. The Balaban J connectivity index is 2.48. The summed E-state index contributed by atoms with van der Waals surface area (Å²) < 4.78 is 0.998. The van der Waals surface area contributed by atoms with Gasteiger partial charge >= 0.3 is 0 Å². The Morgan fingerprint density at radius 3 is 2.41 bits per heavy atom. The second-order valence-corrected chi connectivity index (χ2v) is 4.67. The molecule has 5 heteroatoms. The molecule has 0 spiro atoms. The SMILES string of the molecule is CC(=O)NCC(=O)NC(C)c1ccc(Br)cc1. The fourth-order valence-corrected chi connectivity index (χ4v) is 1.60. The van der Waals surface area contributed by atoms with Crippen LogP contribution in [-0.2, 0) is 9.59 Å². The summed E-state index contributed by atoms with van der Waals surface area (Å²) in [5.74, 6) is -0.410. The van der Waals surface area contributed by atoms with E-state index in [1.807, 2.05) is 31.2 Å². The average Bonchev–Trinajstić information content (AvgIpc) is 2.27. The molecule has 4 nitrogen and oxygen atoms in total. The van der Waals surface area contributed by atoms with E-state index < -0.39 is 0 Å². The summed E-state index contributed by atoms with van der Waals surface area (Å²) >= 11 is 3.35. The minimum Gasteiger partial charge on any atom is -0.348 e. The lowest BCUT2D eigenvalue weighted by atomic mass is 10.1. The van der Waals surface area contributed by atoms with Gasteiger partial charge in [-0.25, -0.2) is 0 Å². The van der Waals surface area contributed by atoms with Crippen LogP contribution in [0.3, 0.4) is 0 Å². The minimum absolute atomic E-state index is 0.0101. The van der Waals surface area contributed by atoms with Gasteiger partial charge in [-0.1, -0.05) is 28.1 Å². The first kappa shape index (κ1) is 13.7. The normalized spacial score (nSPS) is 11.7. The largest absolute Gasteiger partial charge is 0.348 e. The molecule has 1 unspecified atom stereocenters. The molecule has 2 amide bonds. The van der Waals surface area contributed by atoms with E-state index in [4.69, 9.17) is 0 Å². The molecule has 2 N–H and O–H groups in total. The van der Waals surface area contributed by atoms with Crippen molar-refractivity contribution >= 4 is 27.7 Å². The van der Waals surface area contributed by atoms with E-state index in [2.05, 4.69) is 26.6 Å². The molecule has 0 aromatic heterocycles. The zero-order chi connectivity index (χ0) is 12.8. The molecule has 0 fully saturated rings. The summed E-state index contributed by atoms with van der Waals surface area (Å²) in [6.07, 6.45) is 0. The van der Waals surface area contributed by atoms with Crippen LogP contribution in [0.1, 0.15) is 25.5 Å². The molecule has 0 radical (unpaired) electrons. The van der Waals surface area contributed by atoms with Crippen LogP contribution >= 0.6 is 15.9 Å². The van der Waals surface area contributed by atoms with Crippen LogP contribution in [0.4, 0.5) is 0 Å². The molecular formula is C12H15BrN2O2. The molecule has 1 aromatic rings. The Labute approximate surface area is 109 Å². The molecule has 0 saturated carbocycles. The highest BCUT2D eigenvalue weighted by molar-refractivity contribution is 9.10. The lowest BCUT2D eigenvalue weighted by Crippen LogP contribution is -2.37. The first-order valence-electron chi connectivity index (χ1n) is 5.28. The van der Waals surface area contributed by atoms with Gasteiger partial charge in [-0.05, 0) is 24.6 Å². The van der Waals surface area contributed by atoms with Gasteiger partial charge in [0.2, 0.25) is 11.8 Å². The Kier molecular flexibility index (Phi) is 5.15. The number of hydrogen-bond donors (Lipinski definition) is 2. The smallest absolute Gasteiger partial charge is 0.239 e. The van der Waals surface area contributed by atoms with E-state index in [-0.39, 0.29) is 24.4 Å². The van der Waals surface area contributed by atoms with Crippen LogP contribution in [0.15, 0.2) is 28.7 Å². The fraction of sp³-hybridized carbons (Fsp3) is 0.333. The Hall–Kier alpha value is -1.36. The van der Waals surface area contributed by atoms with Crippen LogP contribution in [0.2, 0.25) is 0 Å². The summed E-state index contributed by atoms with van der Waals surface area (Å²) in [5.41, 5.74) is 1.02. The second kappa shape index (κ2) is 6.39. The number of rotatable bonds is 4. The van der Waals surface area contributed by atoms with Crippen molar-refractivity contribution in [1.29, 1.82) is 0 Å². The Bertz CT molecular complexity index is 403. The highest BCUT2D eigenvalue weighted by atomic mass is 79.9. The van der Waals surface area contributed by atoms with Gasteiger partial charge < -0.3 is 10.6 Å². The molecule has 0 aliphatic rings. The van der Waals surface area contributed by atoms with E-state index in [9.17, 15) is 9.59 Å². The van der Waals surface area contributed by atoms with Gasteiger partial charge in [0.25, 0.3) is 0 Å². The third kappa shape index (κ3) is 4.99. The Morgan fingerprint density at radius 2 is 1.88 bits per heavy atom. The Morgan fingerprint density at radius 1 is 1.29 bits per heavy atom. The minimum atomic E-state index is -0.212. The number of carbonyl (C=O) groups excluding carboxylic acids is 2. The van der Waals surface area contributed by atoms with Gasteiger partial charge in [0.15, 0.2) is 0 Å². The molecule has 0 aliphatic heterocycles. The topological polar surface area (TPSA) is 58.2 Å². The zero-order valence-corrected chi connectivity index (χ0v) is 11.4. The quantitative estimate of drug-likeness (QED) is 0.890. The van der Waals surface area contributed by atoms with Crippen molar-refractivity contribution in [3.05, 3.63) is 34.3 Å². The van der Waals surface area contributed by atoms with E-state index >= 15 is 0 Å². The summed E-state index contributed by atoms with van der Waals surface area (Å²) in [6, 6.07) is 7.64. The molecule has 1 aromatic carbocycles. The van der Waals surface area contributed by atoms with Gasteiger partial charge in [-0.2, -0.15) is 0 Å². The van der Waals surface area contributed by atoms with Gasteiger partial charge in [0.1, 0.15) is 0 Å².